The number of fused-ring (bicyclic) bond motifs is 2. The first-order valence-corrected chi connectivity index (χ1v) is 5.90. The van der Waals surface area contributed by atoms with E-state index in [9.17, 15) is 24.6 Å². The quantitative estimate of drug-likeness (QED) is 0.342. The van der Waals surface area contributed by atoms with Crippen LogP contribution in [0.2, 0.25) is 0 Å². The summed E-state index contributed by atoms with van der Waals surface area (Å²) in [6.45, 7) is 0. The topological polar surface area (TPSA) is 110 Å². The zero-order valence-corrected chi connectivity index (χ0v) is 16.4. The van der Waals surface area contributed by atoms with Gasteiger partial charge in [0.2, 0.25) is 5.43 Å². The van der Waals surface area contributed by atoms with Crippen LogP contribution in [0.4, 0.5) is 0 Å². The molecule has 1 aromatic heterocycles. The van der Waals surface area contributed by atoms with E-state index in [1.54, 1.807) is 0 Å². The van der Waals surface area contributed by atoms with Crippen molar-refractivity contribution < 1.29 is 83.3 Å². The van der Waals surface area contributed by atoms with E-state index < -0.39 is 17.4 Å². The van der Waals surface area contributed by atoms with Gasteiger partial charge in [0.1, 0.15) is 11.2 Å². The number of hydrogen-bond acceptors (Lipinski definition) is 6. The van der Waals surface area contributed by atoms with Crippen LogP contribution in [0.15, 0.2) is 45.6 Å². The molecule has 23 heavy (non-hydrogen) atoms. The molecule has 3 rings (SSSR count). The van der Waals surface area contributed by atoms with E-state index in [0.29, 0.717) is 0 Å². The van der Waals surface area contributed by atoms with Crippen molar-refractivity contribution in [3.63, 3.8) is 0 Å². The van der Waals surface area contributed by atoms with Gasteiger partial charge >= 0.3 is 59.1 Å². The van der Waals surface area contributed by atoms with Crippen LogP contribution in [0, 0.1) is 0 Å². The minimum absolute atomic E-state index is 0. The van der Waals surface area contributed by atoms with Gasteiger partial charge in [-0.2, -0.15) is 0 Å². The summed E-state index contributed by atoms with van der Waals surface area (Å²) in [4.78, 5) is 33.9. The Morgan fingerprint density at radius 2 is 1.35 bits per heavy atom. The molecule has 0 saturated carbocycles. The Kier molecular flexibility index (Phi) is 6.59. The van der Waals surface area contributed by atoms with E-state index in [2.05, 4.69) is 0 Å². The van der Waals surface area contributed by atoms with E-state index >= 15 is 0 Å². The predicted molar refractivity (Wildman–Crippen MR) is 68.7 cm³/mol. The number of carboxylic acid groups (broad SMARTS) is 2. The minimum Gasteiger partial charge on any atom is -0.545 e. The first-order chi connectivity index (χ1) is 9.97. The number of rotatable bonds is 2. The van der Waals surface area contributed by atoms with Gasteiger partial charge in [-0.05, 0) is 35.9 Å². The molecule has 8 heteroatoms. The van der Waals surface area contributed by atoms with Crippen molar-refractivity contribution in [3.8, 4) is 0 Å². The molecular formula is C15H6Na2O6. The van der Waals surface area contributed by atoms with Gasteiger partial charge in [0.25, 0.3) is 0 Å². The first-order valence-electron chi connectivity index (χ1n) is 5.90. The normalized spacial score (nSPS) is 9.91. The van der Waals surface area contributed by atoms with Crippen LogP contribution in [-0.4, -0.2) is 11.9 Å². The summed E-state index contributed by atoms with van der Waals surface area (Å²) in [6, 6.07) is 7.46. The van der Waals surface area contributed by atoms with Crippen LogP contribution in [0.5, 0.6) is 0 Å². The van der Waals surface area contributed by atoms with Crippen molar-refractivity contribution in [2.24, 2.45) is 0 Å². The summed E-state index contributed by atoms with van der Waals surface area (Å²) in [5.41, 5.74) is -0.445. The SMILES string of the molecule is O=C([O-])c1ccc2c(=O)c3cc(C(=O)[O-])ccc3oc2c1.[Na+].[Na+]. The third kappa shape index (κ3) is 3.68. The van der Waals surface area contributed by atoms with E-state index in [1.165, 1.54) is 36.4 Å². The van der Waals surface area contributed by atoms with Gasteiger partial charge in [0, 0.05) is 5.56 Å². The maximum Gasteiger partial charge on any atom is 1.00 e. The van der Waals surface area contributed by atoms with E-state index in [-0.39, 0.29) is 92.2 Å². The van der Waals surface area contributed by atoms with Crippen LogP contribution in [0.1, 0.15) is 20.7 Å². The molecule has 0 N–H and O–H groups in total. The molecule has 0 spiro atoms. The summed E-state index contributed by atoms with van der Waals surface area (Å²) >= 11 is 0. The van der Waals surface area contributed by atoms with Gasteiger partial charge in [0.15, 0.2) is 0 Å². The number of hydrogen-bond donors (Lipinski definition) is 0. The largest absolute Gasteiger partial charge is 1.00 e. The second kappa shape index (κ2) is 7.61. The second-order valence-electron chi connectivity index (χ2n) is 4.43. The molecule has 0 saturated heterocycles. The van der Waals surface area contributed by atoms with Crippen molar-refractivity contribution in [3.05, 3.63) is 57.7 Å². The monoisotopic (exact) mass is 328 g/mol. The number of benzene rings is 2. The zero-order valence-electron chi connectivity index (χ0n) is 12.4. The van der Waals surface area contributed by atoms with Crippen LogP contribution >= 0.6 is 0 Å². The Labute approximate surface area is 173 Å². The molecule has 104 valence electrons. The fraction of sp³-hybridized carbons (Fsp3) is 0. The van der Waals surface area contributed by atoms with Gasteiger partial charge in [-0.15, -0.1) is 0 Å². The Hall–Kier alpha value is -1.15. The molecule has 0 atom stereocenters. The smallest absolute Gasteiger partial charge is 0.545 e. The fourth-order valence-electron chi connectivity index (χ4n) is 2.11. The van der Waals surface area contributed by atoms with Crippen LogP contribution in [0.25, 0.3) is 21.9 Å². The Morgan fingerprint density at radius 3 is 1.96 bits per heavy atom. The van der Waals surface area contributed by atoms with Crippen molar-refractivity contribution in [1.82, 2.24) is 0 Å². The maximum atomic E-state index is 12.3. The fourth-order valence-corrected chi connectivity index (χ4v) is 2.11. The summed E-state index contributed by atoms with van der Waals surface area (Å²) in [5.74, 6) is -2.78. The van der Waals surface area contributed by atoms with Gasteiger partial charge in [-0.25, -0.2) is 0 Å². The molecule has 0 aliphatic rings. The maximum absolute atomic E-state index is 12.3. The molecule has 2 aromatic carbocycles. The summed E-state index contributed by atoms with van der Waals surface area (Å²) < 4.78 is 5.45. The molecule has 0 radical (unpaired) electrons. The zero-order chi connectivity index (χ0) is 15.1. The van der Waals surface area contributed by atoms with Crippen LogP contribution in [0.3, 0.4) is 0 Å². The average Bonchev–Trinajstić information content (AvgIpc) is 2.46. The van der Waals surface area contributed by atoms with Crippen LogP contribution in [-0.2, 0) is 0 Å². The Bertz CT molecular complexity index is 977. The third-order valence-electron chi connectivity index (χ3n) is 3.14. The van der Waals surface area contributed by atoms with Crippen LogP contribution < -0.4 is 74.8 Å². The summed E-state index contributed by atoms with van der Waals surface area (Å²) in [6.07, 6.45) is 0. The Balaban J connectivity index is 0.00000132. The Morgan fingerprint density at radius 1 is 0.783 bits per heavy atom. The van der Waals surface area contributed by atoms with Gasteiger partial charge in [-0.3, -0.25) is 4.79 Å². The van der Waals surface area contributed by atoms with Crippen molar-refractivity contribution in [1.29, 1.82) is 0 Å². The average molecular weight is 328 g/mol. The van der Waals surface area contributed by atoms with Gasteiger partial charge < -0.3 is 24.2 Å². The molecule has 0 bridgehead atoms. The number of carboxylic acids is 2. The third-order valence-corrected chi connectivity index (χ3v) is 3.14. The number of carbonyl (C=O) groups excluding carboxylic acids is 2. The molecule has 6 nitrogen and oxygen atoms in total. The molecule has 3 aromatic rings. The molecule has 1 heterocycles. The molecule has 0 amide bonds. The molecule has 0 aliphatic heterocycles. The van der Waals surface area contributed by atoms with Crippen molar-refractivity contribution >= 4 is 33.9 Å². The standard InChI is InChI=1S/C15H8O6.2Na/c16-13-9-3-1-8(15(19)20)6-12(9)21-11-4-2-7(14(17)18)5-10(11)13;;/h1-6H,(H,17,18)(H,19,20);;/q;2*+1/p-2. The number of carbonyl (C=O) groups is 2. The van der Waals surface area contributed by atoms with Crippen molar-refractivity contribution in [2.75, 3.05) is 0 Å². The van der Waals surface area contributed by atoms with E-state index in [1.807, 2.05) is 0 Å². The summed E-state index contributed by atoms with van der Waals surface area (Å²) in [5, 5.41) is 21.9. The minimum atomic E-state index is -1.40. The molecule has 0 fully saturated rings. The molecule has 0 unspecified atom stereocenters. The molecule has 0 aliphatic carbocycles. The predicted octanol–water partition coefficient (Wildman–Crippen LogP) is -6.32. The number of aromatic carboxylic acids is 2. The van der Waals surface area contributed by atoms with Crippen molar-refractivity contribution in [2.45, 2.75) is 0 Å². The second-order valence-corrected chi connectivity index (χ2v) is 4.43. The summed E-state index contributed by atoms with van der Waals surface area (Å²) in [7, 11) is 0. The van der Waals surface area contributed by atoms with Gasteiger partial charge in [-0.1, -0.05) is 6.07 Å². The molecular weight excluding hydrogens is 322 g/mol. The first kappa shape index (κ1) is 19.9. The van der Waals surface area contributed by atoms with Gasteiger partial charge in [0.05, 0.1) is 22.7 Å². The van der Waals surface area contributed by atoms with E-state index in [4.69, 9.17) is 4.42 Å². The van der Waals surface area contributed by atoms with E-state index in [0.717, 1.165) is 0 Å².